The van der Waals surface area contributed by atoms with E-state index in [-0.39, 0.29) is 0 Å². The molecule has 90 valence electrons. The molecule has 0 aromatic carbocycles. The molecule has 0 aromatic heterocycles. The summed E-state index contributed by atoms with van der Waals surface area (Å²) in [6, 6.07) is 0.699. The molecule has 0 amide bonds. The summed E-state index contributed by atoms with van der Waals surface area (Å²) in [5.41, 5.74) is 1.01. The standard InChI is InChI=1S/C14H29N/c1-8-10(9-2)11(15-7)12-13(3,4)14(12,5)6/h10-12,15H,8-9H2,1-7H3. The van der Waals surface area contributed by atoms with Crippen LogP contribution < -0.4 is 5.32 Å². The van der Waals surface area contributed by atoms with E-state index in [1.807, 2.05) is 0 Å². The Kier molecular flexibility index (Phi) is 3.55. The van der Waals surface area contributed by atoms with E-state index < -0.39 is 0 Å². The summed E-state index contributed by atoms with van der Waals surface area (Å²) in [4.78, 5) is 0. The Labute approximate surface area is 96.0 Å². The highest BCUT2D eigenvalue weighted by atomic mass is 14.9. The average Bonchev–Trinajstić information content (AvgIpc) is 2.55. The first-order valence-electron chi connectivity index (χ1n) is 6.51. The normalized spacial score (nSPS) is 25.6. The summed E-state index contributed by atoms with van der Waals surface area (Å²) in [7, 11) is 2.13. The summed E-state index contributed by atoms with van der Waals surface area (Å²) >= 11 is 0. The second kappa shape index (κ2) is 4.08. The van der Waals surface area contributed by atoms with Crippen molar-refractivity contribution in [2.24, 2.45) is 22.7 Å². The lowest BCUT2D eigenvalue weighted by Gasteiger charge is -2.27. The first-order chi connectivity index (χ1) is 6.84. The van der Waals surface area contributed by atoms with Crippen LogP contribution in [0.2, 0.25) is 0 Å². The van der Waals surface area contributed by atoms with Gasteiger partial charge in [-0.1, -0.05) is 54.4 Å². The van der Waals surface area contributed by atoms with Gasteiger partial charge in [-0.15, -0.1) is 0 Å². The second-order valence-electron chi connectivity index (χ2n) is 6.31. The minimum absolute atomic E-state index is 0.503. The van der Waals surface area contributed by atoms with Gasteiger partial charge in [0, 0.05) is 6.04 Å². The number of rotatable bonds is 5. The maximum absolute atomic E-state index is 3.58. The van der Waals surface area contributed by atoms with Crippen molar-refractivity contribution in [2.75, 3.05) is 7.05 Å². The molecule has 1 unspecified atom stereocenters. The maximum atomic E-state index is 3.58. The van der Waals surface area contributed by atoms with Crippen molar-refractivity contribution in [3.63, 3.8) is 0 Å². The third-order valence-corrected chi connectivity index (χ3v) is 5.38. The van der Waals surface area contributed by atoms with Crippen LogP contribution in [0.15, 0.2) is 0 Å². The highest BCUT2D eigenvalue weighted by molar-refractivity contribution is 5.16. The monoisotopic (exact) mass is 211 g/mol. The average molecular weight is 211 g/mol. The summed E-state index contributed by atoms with van der Waals surface area (Å²) in [6.45, 7) is 14.3. The van der Waals surface area contributed by atoms with Crippen molar-refractivity contribution in [1.82, 2.24) is 5.32 Å². The quantitative estimate of drug-likeness (QED) is 0.731. The lowest BCUT2D eigenvalue weighted by atomic mass is 9.87. The highest BCUT2D eigenvalue weighted by Gasteiger charge is 2.67. The van der Waals surface area contributed by atoms with E-state index >= 15 is 0 Å². The molecule has 0 spiro atoms. The Balaban J connectivity index is 2.78. The smallest absolute Gasteiger partial charge is 0.0131 e. The molecule has 0 aliphatic heterocycles. The van der Waals surface area contributed by atoms with E-state index in [9.17, 15) is 0 Å². The second-order valence-corrected chi connectivity index (χ2v) is 6.31. The van der Waals surface area contributed by atoms with Crippen LogP contribution in [0.25, 0.3) is 0 Å². The molecule has 1 saturated carbocycles. The maximum Gasteiger partial charge on any atom is 0.0131 e. The van der Waals surface area contributed by atoms with Crippen molar-refractivity contribution >= 4 is 0 Å². The van der Waals surface area contributed by atoms with E-state index in [0.717, 1.165) is 11.8 Å². The van der Waals surface area contributed by atoms with Crippen molar-refractivity contribution in [1.29, 1.82) is 0 Å². The lowest BCUT2D eigenvalue weighted by Crippen LogP contribution is -2.37. The van der Waals surface area contributed by atoms with Crippen LogP contribution in [-0.4, -0.2) is 13.1 Å². The predicted octanol–water partition coefficient (Wildman–Crippen LogP) is 3.69. The SMILES string of the molecule is CCC(CC)C(NC)C1C(C)(C)C1(C)C. The minimum Gasteiger partial charge on any atom is -0.316 e. The minimum atomic E-state index is 0.503. The molecule has 1 fully saturated rings. The van der Waals surface area contributed by atoms with Gasteiger partial charge in [-0.05, 0) is 29.7 Å². The highest BCUT2D eigenvalue weighted by Crippen LogP contribution is 2.70. The third kappa shape index (κ3) is 1.84. The molecule has 0 bridgehead atoms. The Hall–Kier alpha value is -0.0400. The molecule has 1 aliphatic rings. The van der Waals surface area contributed by atoms with Crippen LogP contribution in [0, 0.1) is 22.7 Å². The number of hydrogen-bond acceptors (Lipinski definition) is 1. The van der Waals surface area contributed by atoms with Gasteiger partial charge >= 0.3 is 0 Å². The van der Waals surface area contributed by atoms with Crippen molar-refractivity contribution in [3.05, 3.63) is 0 Å². The van der Waals surface area contributed by atoms with Crippen molar-refractivity contribution < 1.29 is 0 Å². The van der Waals surface area contributed by atoms with Gasteiger partial charge in [-0.25, -0.2) is 0 Å². The van der Waals surface area contributed by atoms with Crippen LogP contribution in [0.4, 0.5) is 0 Å². The fourth-order valence-corrected chi connectivity index (χ4v) is 3.62. The molecule has 1 rings (SSSR count). The first-order valence-corrected chi connectivity index (χ1v) is 6.51. The summed E-state index contributed by atoms with van der Waals surface area (Å²) in [6.07, 6.45) is 2.59. The van der Waals surface area contributed by atoms with Crippen molar-refractivity contribution in [2.45, 2.75) is 60.4 Å². The molecular weight excluding hydrogens is 182 g/mol. The Morgan fingerprint density at radius 1 is 1.00 bits per heavy atom. The van der Waals surface area contributed by atoms with Crippen LogP contribution in [0.5, 0.6) is 0 Å². The molecule has 1 aliphatic carbocycles. The molecule has 0 heterocycles. The molecule has 15 heavy (non-hydrogen) atoms. The fraction of sp³-hybridized carbons (Fsp3) is 1.00. The molecule has 0 saturated heterocycles. The molecule has 0 aromatic rings. The zero-order valence-corrected chi connectivity index (χ0v) is 11.6. The number of nitrogens with one attached hydrogen (secondary N) is 1. The van der Waals surface area contributed by atoms with Gasteiger partial charge in [0.25, 0.3) is 0 Å². The van der Waals surface area contributed by atoms with Crippen LogP contribution in [-0.2, 0) is 0 Å². The third-order valence-electron chi connectivity index (χ3n) is 5.38. The van der Waals surface area contributed by atoms with Crippen LogP contribution in [0.1, 0.15) is 54.4 Å². The van der Waals surface area contributed by atoms with Crippen LogP contribution >= 0.6 is 0 Å². The zero-order chi connectivity index (χ0) is 11.9. The summed E-state index contributed by atoms with van der Waals surface area (Å²) in [5.74, 6) is 1.67. The Morgan fingerprint density at radius 3 is 1.60 bits per heavy atom. The van der Waals surface area contributed by atoms with E-state index in [4.69, 9.17) is 0 Å². The molecule has 0 radical (unpaired) electrons. The summed E-state index contributed by atoms with van der Waals surface area (Å²) < 4.78 is 0. The van der Waals surface area contributed by atoms with Crippen molar-refractivity contribution in [3.8, 4) is 0 Å². The largest absolute Gasteiger partial charge is 0.316 e. The van der Waals surface area contributed by atoms with E-state index in [0.29, 0.717) is 16.9 Å². The lowest BCUT2D eigenvalue weighted by molar-refractivity contribution is 0.284. The van der Waals surface area contributed by atoms with Gasteiger partial charge < -0.3 is 5.32 Å². The summed E-state index contributed by atoms with van der Waals surface area (Å²) in [5, 5.41) is 3.58. The van der Waals surface area contributed by atoms with Gasteiger partial charge in [0.1, 0.15) is 0 Å². The zero-order valence-electron chi connectivity index (χ0n) is 11.6. The van der Waals surface area contributed by atoms with Crippen LogP contribution in [0.3, 0.4) is 0 Å². The molecule has 1 heteroatoms. The Bertz CT molecular complexity index is 199. The molecular formula is C14H29N. The fourth-order valence-electron chi connectivity index (χ4n) is 3.62. The van der Waals surface area contributed by atoms with E-state index in [2.05, 4.69) is 53.9 Å². The number of hydrogen-bond donors (Lipinski definition) is 1. The molecule has 1 atom stereocenters. The first kappa shape index (κ1) is 13.0. The molecule has 1 N–H and O–H groups in total. The van der Waals surface area contributed by atoms with Gasteiger partial charge in [-0.3, -0.25) is 0 Å². The van der Waals surface area contributed by atoms with Gasteiger partial charge in [0.05, 0.1) is 0 Å². The van der Waals surface area contributed by atoms with Gasteiger partial charge in [-0.2, -0.15) is 0 Å². The topological polar surface area (TPSA) is 12.0 Å². The molecule has 1 nitrogen and oxygen atoms in total. The predicted molar refractivity (Wildman–Crippen MR) is 68.0 cm³/mol. The van der Waals surface area contributed by atoms with Gasteiger partial charge in [0.15, 0.2) is 0 Å². The Morgan fingerprint density at radius 2 is 1.40 bits per heavy atom. The van der Waals surface area contributed by atoms with Gasteiger partial charge in [0.2, 0.25) is 0 Å². The van der Waals surface area contributed by atoms with E-state index in [1.165, 1.54) is 12.8 Å². The van der Waals surface area contributed by atoms with E-state index in [1.54, 1.807) is 0 Å².